The molecule has 0 aliphatic heterocycles. The fraction of sp³-hybridized carbons (Fsp3) is 0.556. The molecule has 6 heteroatoms. The monoisotopic (exact) mass is 334 g/mol. The van der Waals surface area contributed by atoms with Gasteiger partial charge in [0.25, 0.3) is 0 Å². The summed E-state index contributed by atoms with van der Waals surface area (Å²) in [6, 6.07) is 9.68. The van der Waals surface area contributed by atoms with Gasteiger partial charge in [0, 0.05) is 11.6 Å². The van der Waals surface area contributed by atoms with E-state index in [1.165, 1.54) is 0 Å². The maximum Gasteiger partial charge on any atom is 0.407 e. The Bertz CT molecular complexity index is 582. The molecule has 0 bridgehead atoms. The minimum atomic E-state index is -1.04. The van der Waals surface area contributed by atoms with E-state index in [4.69, 9.17) is 4.74 Å². The van der Waals surface area contributed by atoms with Crippen LogP contribution in [0.3, 0.4) is 0 Å². The number of benzene rings is 1. The van der Waals surface area contributed by atoms with Gasteiger partial charge in [0.1, 0.15) is 5.60 Å². The number of rotatable bonds is 4. The molecule has 24 heavy (non-hydrogen) atoms. The van der Waals surface area contributed by atoms with Crippen LogP contribution >= 0.6 is 0 Å². The van der Waals surface area contributed by atoms with Gasteiger partial charge in [-0.2, -0.15) is 0 Å². The van der Waals surface area contributed by atoms with Gasteiger partial charge in [0.05, 0.1) is 0 Å². The molecule has 3 N–H and O–H groups in total. The zero-order valence-corrected chi connectivity index (χ0v) is 14.5. The van der Waals surface area contributed by atoms with Crippen molar-refractivity contribution in [1.82, 2.24) is 10.6 Å². The molecular weight excluding hydrogens is 308 g/mol. The van der Waals surface area contributed by atoms with Gasteiger partial charge in [-0.1, -0.05) is 30.3 Å². The number of carbonyl (C=O) groups is 2. The summed E-state index contributed by atoms with van der Waals surface area (Å²) in [7, 11) is 0. The molecule has 132 valence electrons. The smallest absolute Gasteiger partial charge is 0.407 e. The van der Waals surface area contributed by atoms with E-state index in [9.17, 15) is 14.7 Å². The Balaban J connectivity index is 2.02. The van der Waals surface area contributed by atoms with Gasteiger partial charge in [-0.05, 0) is 52.0 Å². The standard InChI is InChI=1S/C18H26N2O4/c1-17(2,3)24-16(23)19-14-9-10-18(12-14,20-15(21)22)11-13-7-5-4-6-8-13/h4-8,14,20H,9-12H2,1-3H3,(H,19,23)(H,21,22)/t14-,18?/m1/s1. The number of amides is 2. The largest absolute Gasteiger partial charge is 0.465 e. The van der Waals surface area contributed by atoms with Crippen LogP contribution in [0.15, 0.2) is 30.3 Å². The molecule has 1 aliphatic carbocycles. The second-order valence-electron chi connectivity index (χ2n) is 7.46. The van der Waals surface area contributed by atoms with E-state index >= 15 is 0 Å². The molecule has 0 saturated heterocycles. The van der Waals surface area contributed by atoms with E-state index in [0.717, 1.165) is 5.56 Å². The summed E-state index contributed by atoms with van der Waals surface area (Å²) in [6.45, 7) is 5.44. The first kappa shape index (κ1) is 18.1. The summed E-state index contributed by atoms with van der Waals surface area (Å²) in [6.07, 6.45) is 1.04. The molecule has 6 nitrogen and oxygen atoms in total. The minimum Gasteiger partial charge on any atom is -0.465 e. The van der Waals surface area contributed by atoms with Gasteiger partial charge in [0.15, 0.2) is 0 Å². The second-order valence-corrected chi connectivity index (χ2v) is 7.46. The van der Waals surface area contributed by atoms with Crippen molar-refractivity contribution in [3.8, 4) is 0 Å². The van der Waals surface area contributed by atoms with E-state index in [1.54, 1.807) is 0 Å². The fourth-order valence-electron chi connectivity index (χ4n) is 3.26. The van der Waals surface area contributed by atoms with Gasteiger partial charge in [-0.25, -0.2) is 9.59 Å². The van der Waals surface area contributed by atoms with Crippen LogP contribution in [0.4, 0.5) is 9.59 Å². The first-order chi connectivity index (χ1) is 11.2. The highest BCUT2D eigenvalue weighted by Crippen LogP contribution is 2.33. The van der Waals surface area contributed by atoms with Crippen molar-refractivity contribution in [1.29, 1.82) is 0 Å². The summed E-state index contributed by atoms with van der Waals surface area (Å²) in [4.78, 5) is 23.2. The van der Waals surface area contributed by atoms with Gasteiger partial charge in [0.2, 0.25) is 0 Å². The molecule has 0 heterocycles. The minimum absolute atomic E-state index is 0.101. The summed E-state index contributed by atoms with van der Waals surface area (Å²) >= 11 is 0. The third kappa shape index (κ3) is 5.44. The maximum atomic E-state index is 11.9. The lowest BCUT2D eigenvalue weighted by atomic mass is 9.89. The molecule has 1 aliphatic rings. The van der Waals surface area contributed by atoms with Crippen LogP contribution in [-0.4, -0.2) is 34.5 Å². The van der Waals surface area contributed by atoms with E-state index in [-0.39, 0.29) is 6.04 Å². The molecular formula is C18H26N2O4. The zero-order valence-electron chi connectivity index (χ0n) is 14.5. The molecule has 1 saturated carbocycles. The van der Waals surface area contributed by atoms with Crippen LogP contribution in [-0.2, 0) is 11.2 Å². The van der Waals surface area contributed by atoms with Crippen LogP contribution in [0.2, 0.25) is 0 Å². The summed E-state index contributed by atoms with van der Waals surface area (Å²) in [5.41, 5.74) is -0.0418. The Morgan fingerprint density at radius 3 is 2.54 bits per heavy atom. The number of alkyl carbamates (subject to hydrolysis) is 1. The lowest BCUT2D eigenvalue weighted by molar-refractivity contribution is 0.0504. The molecule has 2 rings (SSSR count). The topological polar surface area (TPSA) is 87.7 Å². The van der Waals surface area contributed by atoms with Crippen LogP contribution in [0, 0.1) is 0 Å². The van der Waals surface area contributed by atoms with Crippen molar-refractivity contribution in [3.05, 3.63) is 35.9 Å². The van der Waals surface area contributed by atoms with Crippen LogP contribution in [0.1, 0.15) is 45.6 Å². The SMILES string of the molecule is CC(C)(C)OC(=O)N[C@@H]1CCC(Cc2ccccc2)(NC(=O)O)C1. The lowest BCUT2D eigenvalue weighted by Crippen LogP contribution is -2.49. The molecule has 1 aromatic rings. The van der Waals surface area contributed by atoms with E-state index in [2.05, 4.69) is 10.6 Å². The first-order valence-corrected chi connectivity index (χ1v) is 8.22. The Kier molecular flexibility index (Phi) is 5.36. The van der Waals surface area contributed by atoms with Crippen molar-refractivity contribution in [2.24, 2.45) is 0 Å². The molecule has 0 radical (unpaired) electrons. The molecule has 1 fully saturated rings. The summed E-state index contributed by atoms with van der Waals surface area (Å²) in [5, 5.41) is 14.7. The highest BCUT2D eigenvalue weighted by atomic mass is 16.6. The van der Waals surface area contributed by atoms with Crippen molar-refractivity contribution in [2.45, 2.75) is 63.6 Å². The fourth-order valence-corrected chi connectivity index (χ4v) is 3.26. The molecule has 2 amide bonds. The molecule has 1 unspecified atom stereocenters. The predicted molar refractivity (Wildman–Crippen MR) is 91.0 cm³/mol. The molecule has 0 aromatic heterocycles. The van der Waals surface area contributed by atoms with Crippen molar-refractivity contribution in [2.75, 3.05) is 0 Å². The van der Waals surface area contributed by atoms with Gasteiger partial charge >= 0.3 is 12.2 Å². The Morgan fingerprint density at radius 2 is 1.96 bits per heavy atom. The Labute approximate surface area is 142 Å². The average molecular weight is 334 g/mol. The number of carbonyl (C=O) groups excluding carboxylic acids is 1. The first-order valence-electron chi connectivity index (χ1n) is 8.22. The normalized spacial score (nSPS) is 23.5. The lowest BCUT2D eigenvalue weighted by Gasteiger charge is -2.30. The number of carboxylic acid groups (broad SMARTS) is 1. The van der Waals surface area contributed by atoms with Crippen molar-refractivity contribution in [3.63, 3.8) is 0 Å². The van der Waals surface area contributed by atoms with Gasteiger partial charge in [-0.3, -0.25) is 0 Å². The summed E-state index contributed by atoms with van der Waals surface area (Å²) in [5.74, 6) is 0. The average Bonchev–Trinajstić information content (AvgIpc) is 2.79. The Morgan fingerprint density at radius 1 is 1.29 bits per heavy atom. The van der Waals surface area contributed by atoms with Crippen molar-refractivity contribution < 1.29 is 19.4 Å². The predicted octanol–water partition coefficient (Wildman–Crippen LogP) is 3.31. The van der Waals surface area contributed by atoms with Gasteiger partial charge < -0.3 is 20.5 Å². The molecule has 2 atom stereocenters. The second kappa shape index (κ2) is 7.11. The zero-order chi connectivity index (χ0) is 17.8. The third-order valence-electron chi connectivity index (χ3n) is 4.09. The summed E-state index contributed by atoms with van der Waals surface area (Å²) < 4.78 is 5.28. The van der Waals surface area contributed by atoms with Gasteiger partial charge in [-0.15, -0.1) is 0 Å². The third-order valence-corrected chi connectivity index (χ3v) is 4.09. The van der Waals surface area contributed by atoms with E-state index in [1.807, 2.05) is 51.1 Å². The number of nitrogens with one attached hydrogen (secondary N) is 2. The number of hydrogen-bond acceptors (Lipinski definition) is 3. The van der Waals surface area contributed by atoms with E-state index < -0.39 is 23.3 Å². The quantitative estimate of drug-likeness (QED) is 0.788. The van der Waals surface area contributed by atoms with Crippen LogP contribution < -0.4 is 10.6 Å². The number of ether oxygens (including phenoxy) is 1. The highest BCUT2D eigenvalue weighted by molar-refractivity contribution is 5.68. The van der Waals surface area contributed by atoms with Crippen LogP contribution in [0.25, 0.3) is 0 Å². The van der Waals surface area contributed by atoms with Crippen molar-refractivity contribution >= 4 is 12.2 Å². The molecule has 0 spiro atoms. The number of hydrogen-bond donors (Lipinski definition) is 3. The highest BCUT2D eigenvalue weighted by Gasteiger charge is 2.41. The Hall–Kier alpha value is -2.24. The molecule has 1 aromatic carbocycles. The maximum absolute atomic E-state index is 11.9. The van der Waals surface area contributed by atoms with E-state index in [0.29, 0.717) is 25.7 Å². The van der Waals surface area contributed by atoms with Crippen LogP contribution in [0.5, 0.6) is 0 Å².